The van der Waals surface area contributed by atoms with E-state index < -0.39 is 5.97 Å². The van der Waals surface area contributed by atoms with Crippen LogP contribution in [0.3, 0.4) is 0 Å². The minimum atomic E-state index is -0.474. The van der Waals surface area contributed by atoms with Gasteiger partial charge in [-0.2, -0.15) is 0 Å². The zero-order chi connectivity index (χ0) is 10.6. The molecule has 76 valence electrons. The normalized spacial score (nSPS) is 9.64. The lowest BCUT2D eigenvalue weighted by Crippen LogP contribution is -2.06. The Kier molecular flexibility index (Phi) is 3.88. The Morgan fingerprint density at radius 1 is 1.57 bits per heavy atom. The molecule has 0 radical (unpaired) electrons. The van der Waals surface area contributed by atoms with E-state index in [0.717, 1.165) is 0 Å². The molecule has 5 heteroatoms. The molecular formula is C9H10BrNO3. The smallest absolute Gasteiger partial charge is 0.356 e. The minimum Gasteiger partial charge on any atom is -0.477 e. The SMILES string of the molecule is CCOc1nc(C(=O)OC)ccc1Br. The molecule has 0 aliphatic heterocycles. The van der Waals surface area contributed by atoms with Crippen molar-refractivity contribution in [2.45, 2.75) is 6.92 Å². The number of pyridine rings is 1. The highest BCUT2D eigenvalue weighted by Gasteiger charge is 2.10. The van der Waals surface area contributed by atoms with E-state index in [1.54, 1.807) is 12.1 Å². The summed E-state index contributed by atoms with van der Waals surface area (Å²) < 4.78 is 10.5. The molecule has 14 heavy (non-hydrogen) atoms. The Morgan fingerprint density at radius 3 is 2.86 bits per heavy atom. The molecule has 0 aliphatic carbocycles. The number of aromatic nitrogens is 1. The number of ether oxygens (including phenoxy) is 2. The molecule has 4 nitrogen and oxygen atoms in total. The molecule has 0 amide bonds. The number of halogens is 1. The number of nitrogens with zero attached hydrogens (tertiary/aromatic N) is 1. The first-order valence-corrected chi connectivity index (χ1v) is 4.86. The van der Waals surface area contributed by atoms with E-state index in [1.807, 2.05) is 6.92 Å². The monoisotopic (exact) mass is 259 g/mol. The lowest BCUT2D eigenvalue weighted by Gasteiger charge is -2.05. The maximum atomic E-state index is 11.1. The zero-order valence-corrected chi connectivity index (χ0v) is 9.50. The van der Waals surface area contributed by atoms with Crippen molar-refractivity contribution < 1.29 is 14.3 Å². The molecule has 1 rings (SSSR count). The van der Waals surface area contributed by atoms with Crippen LogP contribution in [0.5, 0.6) is 5.88 Å². The fraction of sp³-hybridized carbons (Fsp3) is 0.333. The number of esters is 1. The van der Waals surface area contributed by atoms with Crippen LogP contribution in [-0.2, 0) is 4.74 Å². The van der Waals surface area contributed by atoms with E-state index >= 15 is 0 Å². The molecule has 0 unspecified atom stereocenters. The van der Waals surface area contributed by atoms with Gasteiger partial charge in [0.1, 0.15) is 0 Å². The van der Waals surface area contributed by atoms with Gasteiger partial charge in [-0.3, -0.25) is 0 Å². The molecule has 1 aromatic heterocycles. The van der Waals surface area contributed by atoms with Gasteiger partial charge in [-0.1, -0.05) is 0 Å². The molecule has 0 N–H and O–H groups in total. The lowest BCUT2D eigenvalue weighted by molar-refractivity contribution is 0.0592. The summed E-state index contributed by atoms with van der Waals surface area (Å²) in [4.78, 5) is 15.1. The van der Waals surface area contributed by atoms with E-state index in [2.05, 4.69) is 25.7 Å². The molecule has 0 aromatic carbocycles. The van der Waals surface area contributed by atoms with Gasteiger partial charge in [0.2, 0.25) is 5.88 Å². The third-order valence-electron chi connectivity index (χ3n) is 1.49. The standard InChI is InChI=1S/C9H10BrNO3/c1-3-14-8-6(10)4-5-7(11-8)9(12)13-2/h4-5H,3H2,1-2H3. The van der Waals surface area contributed by atoms with Crippen LogP contribution < -0.4 is 4.74 Å². The van der Waals surface area contributed by atoms with E-state index in [-0.39, 0.29) is 5.69 Å². The van der Waals surface area contributed by atoms with Gasteiger partial charge in [0, 0.05) is 0 Å². The largest absolute Gasteiger partial charge is 0.477 e. The van der Waals surface area contributed by atoms with Crippen LogP contribution in [0.1, 0.15) is 17.4 Å². The van der Waals surface area contributed by atoms with Crippen LogP contribution in [0.2, 0.25) is 0 Å². The fourth-order valence-corrected chi connectivity index (χ4v) is 1.21. The van der Waals surface area contributed by atoms with Crippen molar-refractivity contribution >= 4 is 21.9 Å². The summed E-state index contributed by atoms with van der Waals surface area (Å²) in [5, 5.41) is 0. The first-order chi connectivity index (χ1) is 6.69. The van der Waals surface area contributed by atoms with Gasteiger partial charge in [0.25, 0.3) is 0 Å². The van der Waals surface area contributed by atoms with Crippen LogP contribution in [0.4, 0.5) is 0 Å². The van der Waals surface area contributed by atoms with E-state index in [9.17, 15) is 4.79 Å². The second-order valence-electron chi connectivity index (χ2n) is 2.41. The quantitative estimate of drug-likeness (QED) is 0.780. The lowest BCUT2D eigenvalue weighted by atomic mass is 10.3. The third-order valence-corrected chi connectivity index (χ3v) is 2.09. The molecule has 0 saturated heterocycles. The molecule has 0 aliphatic rings. The highest BCUT2D eigenvalue weighted by molar-refractivity contribution is 9.10. The molecule has 0 fully saturated rings. The third kappa shape index (κ3) is 2.45. The average Bonchev–Trinajstić information content (AvgIpc) is 2.20. The molecular weight excluding hydrogens is 250 g/mol. The summed E-state index contributed by atoms with van der Waals surface area (Å²) in [6.45, 7) is 2.34. The Hall–Kier alpha value is -1.10. The van der Waals surface area contributed by atoms with E-state index in [0.29, 0.717) is 17.0 Å². The molecule has 1 aromatic rings. The van der Waals surface area contributed by atoms with Crippen molar-refractivity contribution in [2.24, 2.45) is 0 Å². The Morgan fingerprint density at radius 2 is 2.29 bits per heavy atom. The maximum absolute atomic E-state index is 11.1. The first kappa shape index (κ1) is 11.0. The summed E-state index contributed by atoms with van der Waals surface area (Å²) >= 11 is 3.26. The Labute approximate surface area is 90.4 Å². The van der Waals surface area contributed by atoms with E-state index in [1.165, 1.54) is 7.11 Å². The van der Waals surface area contributed by atoms with Crippen LogP contribution in [0.25, 0.3) is 0 Å². The van der Waals surface area contributed by atoms with Crippen molar-refractivity contribution in [3.05, 3.63) is 22.3 Å². The number of rotatable bonds is 3. The number of hydrogen-bond acceptors (Lipinski definition) is 4. The first-order valence-electron chi connectivity index (χ1n) is 4.06. The number of hydrogen-bond donors (Lipinski definition) is 0. The summed E-state index contributed by atoms with van der Waals surface area (Å²) in [6, 6.07) is 3.27. The maximum Gasteiger partial charge on any atom is 0.356 e. The number of methoxy groups -OCH3 is 1. The zero-order valence-electron chi connectivity index (χ0n) is 7.91. The van der Waals surface area contributed by atoms with Gasteiger partial charge in [0.05, 0.1) is 18.2 Å². The summed E-state index contributed by atoms with van der Waals surface area (Å²) in [7, 11) is 1.31. The molecule has 0 saturated carbocycles. The summed E-state index contributed by atoms with van der Waals surface area (Å²) in [5.74, 6) is -0.0751. The Balaban J connectivity index is 2.99. The Bertz CT molecular complexity index is 341. The van der Waals surface area contributed by atoms with Gasteiger partial charge in [0.15, 0.2) is 5.69 Å². The topological polar surface area (TPSA) is 48.4 Å². The highest BCUT2D eigenvalue weighted by Crippen LogP contribution is 2.22. The van der Waals surface area contributed by atoms with Crippen molar-refractivity contribution in [2.75, 3.05) is 13.7 Å². The van der Waals surface area contributed by atoms with Crippen molar-refractivity contribution in [1.29, 1.82) is 0 Å². The average molecular weight is 260 g/mol. The minimum absolute atomic E-state index is 0.235. The molecule has 0 bridgehead atoms. The summed E-state index contributed by atoms with van der Waals surface area (Å²) in [6.07, 6.45) is 0. The van der Waals surface area contributed by atoms with Crippen molar-refractivity contribution in [3.8, 4) is 5.88 Å². The molecule has 1 heterocycles. The van der Waals surface area contributed by atoms with Gasteiger partial charge in [-0.25, -0.2) is 9.78 Å². The van der Waals surface area contributed by atoms with Gasteiger partial charge in [-0.05, 0) is 35.0 Å². The van der Waals surface area contributed by atoms with Crippen LogP contribution in [-0.4, -0.2) is 24.7 Å². The number of carbonyl (C=O) groups excluding carboxylic acids is 1. The van der Waals surface area contributed by atoms with Crippen LogP contribution in [0.15, 0.2) is 16.6 Å². The van der Waals surface area contributed by atoms with Gasteiger partial charge in [-0.15, -0.1) is 0 Å². The van der Waals surface area contributed by atoms with Crippen LogP contribution >= 0.6 is 15.9 Å². The van der Waals surface area contributed by atoms with E-state index in [4.69, 9.17) is 4.74 Å². The van der Waals surface area contributed by atoms with Crippen molar-refractivity contribution in [3.63, 3.8) is 0 Å². The van der Waals surface area contributed by atoms with Crippen molar-refractivity contribution in [1.82, 2.24) is 4.98 Å². The predicted molar refractivity (Wildman–Crippen MR) is 54.4 cm³/mol. The highest BCUT2D eigenvalue weighted by atomic mass is 79.9. The summed E-state index contributed by atoms with van der Waals surface area (Å²) in [5.41, 5.74) is 0.235. The predicted octanol–water partition coefficient (Wildman–Crippen LogP) is 2.03. The second kappa shape index (κ2) is 4.95. The molecule has 0 atom stereocenters. The van der Waals surface area contributed by atoms with Crippen LogP contribution in [0, 0.1) is 0 Å². The van der Waals surface area contributed by atoms with Gasteiger partial charge < -0.3 is 9.47 Å². The molecule has 0 spiro atoms. The van der Waals surface area contributed by atoms with Gasteiger partial charge >= 0.3 is 5.97 Å². The fourth-order valence-electron chi connectivity index (χ4n) is 0.880. The number of carbonyl (C=O) groups is 1. The second-order valence-corrected chi connectivity index (χ2v) is 3.26.